The first kappa shape index (κ1) is 16.4. The normalized spacial score (nSPS) is 28.9. The molecule has 5 atom stereocenters. The van der Waals surface area contributed by atoms with Gasteiger partial charge in [-0.1, -0.05) is 0 Å². The van der Waals surface area contributed by atoms with Crippen LogP contribution in [0, 0.1) is 0 Å². The number of hydrogen-bond acceptors (Lipinski definition) is 7. The van der Waals surface area contributed by atoms with Gasteiger partial charge in [0.1, 0.15) is 18.3 Å². The van der Waals surface area contributed by atoms with Crippen LogP contribution in [0.3, 0.4) is 0 Å². The summed E-state index contributed by atoms with van der Waals surface area (Å²) in [7, 11) is 0. The molecule has 0 aromatic rings. The topological polar surface area (TPSA) is 157 Å². The Labute approximate surface area is 114 Å². The summed E-state index contributed by atoms with van der Waals surface area (Å²) in [5, 5.41) is 49.0. The first-order chi connectivity index (χ1) is 9.27. The molecule has 9 heteroatoms. The van der Waals surface area contributed by atoms with E-state index in [9.17, 15) is 24.9 Å². The summed E-state index contributed by atoms with van der Waals surface area (Å²) in [6, 6.07) is -1.16. The largest absolute Gasteiger partial charge is 0.478 e. The van der Waals surface area contributed by atoms with Crippen LogP contribution >= 0.6 is 0 Å². The van der Waals surface area contributed by atoms with E-state index in [1.807, 2.05) is 0 Å². The number of aliphatic carboxylic acids is 1. The lowest BCUT2D eigenvalue weighted by Gasteiger charge is -2.37. The van der Waals surface area contributed by atoms with Crippen LogP contribution < -0.4 is 5.32 Å². The lowest BCUT2D eigenvalue weighted by Crippen LogP contribution is -2.59. The van der Waals surface area contributed by atoms with Crippen LogP contribution in [-0.4, -0.2) is 74.5 Å². The number of hydrogen-bond donors (Lipinski definition) is 6. The minimum Gasteiger partial charge on any atom is -0.478 e. The van der Waals surface area contributed by atoms with Crippen LogP contribution in [0.25, 0.3) is 0 Å². The Morgan fingerprint density at radius 2 is 2.05 bits per heavy atom. The van der Waals surface area contributed by atoms with Crippen molar-refractivity contribution in [3.8, 4) is 0 Å². The molecular formula is C11H17NO8. The Hall–Kier alpha value is -1.68. The number of rotatable bonds is 5. The van der Waals surface area contributed by atoms with E-state index in [1.165, 1.54) is 0 Å². The maximum Gasteiger partial charge on any atom is 0.370 e. The second-order valence-electron chi connectivity index (χ2n) is 4.38. The van der Waals surface area contributed by atoms with E-state index in [0.29, 0.717) is 0 Å². The van der Waals surface area contributed by atoms with Crippen molar-refractivity contribution in [2.75, 3.05) is 6.61 Å². The van der Waals surface area contributed by atoms with Crippen LogP contribution in [0.15, 0.2) is 11.8 Å². The number of carboxylic acids is 1. The minimum atomic E-state index is -1.70. The van der Waals surface area contributed by atoms with E-state index in [-0.39, 0.29) is 0 Å². The van der Waals surface area contributed by atoms with Crippen molar-refractivity contribution in [2.24, 2.45) is 0 Å². The van der Waals surface area contributed by atoms with Crippen molar-refractivity contribution < 1.29 is 39.9 Å². The quantitative estimate of drug-likeness (QED) is 0.311. The molecule has 6 N–H and O–H groups in total. The van der Waals surface area contributed by atoms with E-state index in [0.717, 1.165) is 13.0 Å². The van der Waals surface area contributed by atoms with Crippen molar-refractivity contribution in [1.29, 1.82) is 0 Å². The second-order valence-corrected chi connectivity index (χ2v) is 4.38. The van der Waals surface area contributed by atoms with E-state index >= 15 is 0 Å². The molecule has 0 saturated carbocycles. The van der Waals surface area contributed by atoms with Gasteiger partial charge in [-0.3, -0.25) is 4.79 Å². The lowest BCUT2D eigenvalue weighted by molar-refractivity contribution is -0.149. The van der Waals surface area contributed by atoms with Crippen LogP contribution in [-0.2, 0) is 14.3 Å². The van der Waals surface area contributed by atoms with Crippen molar-refractivity contribution >= 4 is 11.9 Å². The molecule has 0 aliphatic carbocycles. The molecule has 20 heavy (non-hydrogen) atoms. The lowest BCUT2D eigenvalue weighted by atomic mass is 9.94. The fraction of sp³-hybridized carbons (Fsp3) is 0.636. The Kier molecular flexibility index (Phi) is 5.45. The molecule has 0 spiro atoms. The standard InChI is InChI=1S/C11H17NO8/c1-4(14)12-8-5(15)2-7(11(18)19)20-10(8)9(17)6(16)3-13/h2,5-6,8-10,13,15-17H,3H2,1H3,(H,12,14)(H,18,19)/t5-,6-,8+,9-,10+/m0/s1. The molecule has 1 amide bonds. The third-order valence-electron chi connectivity index (χ3n) is 2.81. The van der Waals surface area contributed by atoms with Gasteiger partial charge in [-0.05, 0) is 6.08 Å². The fourth-order valence-electron chi connectivity index (χ4n) is 1.85. The number of aliphatic hydroxyl groups is 4. The van der Waals surface area contributed by atoms with Gasteiger partial charge in [0.2, 0.25) is 11.7 Å². The monoisotopic (exact) mass is 291 g/mol. The number of amides is 1. The molecule has 0 bridgehead atoms. The zero-order chi connectivity index (χ0) is 15.4. The second kappa shape index (κ2) is 6.66. The molecular weight excluding hydrogens is 274 g/mol. The van der Waals surface area contributed by atoms with Gasteiger partial charge in [-0.25, -0.2) is 4.79 Å². The highest BCUT2D eigenvalue weighted by Gasteiger charge is 2.42. The summed E-state index contributed by atoms with van der Waals surface area (Å²) in [5.41, 5.74) is 0. The molecule has 1 aliphatic rings. The molecule has 0 radical (unpaired) electrons. The summed E-state index contributed by atoms with van der Waals surface area (Å²) in [5.74, 6) is -2.63. The molecule has 1 rings (SSSR count). The van der Waals surface area contributed by atoms with Gasteiger partial charge in [0.25, 0.3) is 0 Å². The summed E-state index contributed by atoms with van der Waals surface area (Å²) in [6.45, 7) is 0.366. The average molecular weight is 291 g/mol. The van der Waals surface area contributed by atoms with Crippen molar-refractivity contribution in [1.82, 2.24) is 5.32 Å². The number of aliphatic hydroxyl groups excluding tert-OH is 4. The van der Waals surface area contributed by atoms with Gasteiger partial charge in [0, 0.05) is 6.92 Å². The van der Waals surface area contributed by atoms with E-state index in [4.69, 9.17) is 14.9 Å². The van der Waals surface area contributed by atoms with E-state index in [1.54, 1.807) is 0 Å². The maximum atomic E-state index is 11.1. The number of carbonyl (C=O) groups is 2. The van der Waals surface area contributed by atoms with E-state index < -0.39 is 54.7 Å². The van der Waals surface area contributed by atoms with Crippen LogP contribution in [0.1, 0.15) is 6.92 Å². The predicted octanol–water partition coefficient (Wildman–Crippen LogP) is -3.07. The summed E-state index contributed by atoms with van der Waals surface area (Å²) < 4.78 is 4.98. The SMILES string of the molecule is CC(=O)N[C@H]1[C@H]([C@@H](O)[C@@H](O)CO)OC(C(=O)O)=C[C@@H]1O. The molecule has 0 aromatic heterocycles. The molecule has 0 unspecified atom stereocenters. The summed E-state index contributed by atoms with van der Waals surface area (Å²) >= 11 is 0. The zero-order valence-electron chi connectivity index (χ0n) is 10.6. The van der Waals surface area contributed by atoms with Crippen molar-refractivity contribution in [3.63, 3.8) is 0 Å². The van der Waals surface area contributed by atoms with Crippen LogP contribution in [0.5, 0.6) is 0 Å². The Morgan fingerprint density at radius 1 is 1.45 bits per heavy atom. The molecule has 0 saturated heterocycles. The van der Waals surface area contributed by atoms with Gasteiger partial charge in [-0.15, -0.1) is 0 Å². The smallest absolute Gasteiger partial charge is 0.370 e. The van der Waals surface area contributed by atoms with Gasteiger partial charge in [0.15, 0.2) is 6.10 Å². The first-order valence-corrected chi connectivity index (χ1v) is 5.81. The summed E-state index contributed by atoms with van der Waals surface area (Å²) in [6.07, 6.45) is -5.29. The molecule has 0 fully saturated rings. The average Bonchev–Trinajstić information content (AvgIpc) is 2.38. The highest BCUT2D eigenvalue weighted by atomic mass is 16.5. The number of nitrogens with one attached hydrogen (secondary N) is 1. The van der Waals surface area contributed by atoms with Gasteiger partial charge in [0.05, 0.1) is 12.6 Å². The Balaban J connectivity index is 3.04. The predicted molar refractivity (Wildman–Crippen MR) is 63.3 cm³/mol. The highest BCUT2D eigenvalue weighted by molar-refractivity contribution is 5.84. The Morgan fingerprint density at radius 3 is 2.50 bits per heavy atom. The third-order valence-corrected chi connectivity index (χ3v) is 2.81. The molecule has 1 heterocycles. The molecule has 9 nitrogen and oxygen atoms in total. The first-order valence-electron chi connectivity index (χ1n) is 5.81. The minimum absolute atomic E-state index is 0.541. The van der Waals surface area contributed by atoms with Crippen LogP contribution in [0.2, 0.25) is 0 Å². The van der Waals surface area contributed by atoms with Gasteiger partial charge >= 0.3 is 5.97 Å². The highest BCUT2D eigenvalue weighted by Crippen LogP contribution is 2.22. The van der Waals surface area contributed by atoms with Gasteiger partial charge in [-0.2, -0.15) is 0 Å². The van der Waals surface area contributed by atoms with Crippen LogP contribution in [0.4, 0.5) is 0 Å². The molecule has 114 valence electrons. The zero-order valence-corrected chi connectivity index (χ0v) is 10.6. The van der Waals surface area contributed by atoms with E-state index in [2.05, 4.69) is 5.32 Å². The Bertz CT molecular complexity index is 409. The van der Waals surface area contributed by atoms with Crippen molar-refractivity contribution in [2.45, 2.75) is 37.4 Å². The number of ether oxygens (including phenoxy) is 1. The van der Waals surface area contributed by atoms with Crippen molar-refractivity contribution in [3.05, 3.63) is 11.8 Å². The number of carbonyl (C=O) groups excluding carboxylic acids is 1. The summed E-state index contributed by atoms with van der Waals surface area (Å²) in [4.78, 5) is 21.9. The van der Waals surface area contributed by atoms with Gasteiger partial charge < -0.3 is 35.6 Å². The molecule has 1 aliphatic heterocycles. The maximum absolute atomic E-state index is 11.1. The third kappa shape index (κ3) is 3.67. The number of carboxylic acid groups (broad SMARTS) is 1. The fourth-order valence-corrected chi connectivity index (χ4v) is 1.85. The molecule has 0 aromatic carbocycles.